The maximum Gasteiger partial charge on any atom is 0.416 e. The number of thiophene rings is 1. The summed E-state index contributed by atoms with van der Waals surface area (Å²) < 4.78 is 39.3. The Balaban J connectivity index is 2.21. The van der Waals surface area contributed by atoms with Crippen molar-refractivity contribution in [1.29, 1.82) is 0 Å². The van der Waals surface area contributed by atoms with Gasteiger partial charge in [0, 0.05) is 6.04 Å². The molecule has 6 heteroatoms. The van der Waals surface area contributed by atoms with E-state index in [0.29, 0.717) is 12.0 Å². The number of hydrogen-bond acceptors (Lipinski definition) is 2. The molecule has 1 aromatic carbocycles. The van der Waals surface area contributed by atoms with Crippen LogP contribution in [0.2, 0.25) is 0 Å². The highest BCUT2D eigenvalue weighted by atomic mass is 79.9. The predicted molar refractivity (Wildman–Crippen MR) is 83.6 cm³/mol. The smallest absolute Gasteiger partial charge is 0.310 e. The van der Waals surface area contributed by atoms with Crippen molar-refractivity contribution in [3.05, 3.63) is 56.2 Å². The lowest BCUT2D eigenvalue weighted by Crippen LogP contribution is -2.22. The molecule has 1 atom stereocenters. The van der Waals surface area contributed by atoms with Gasteiger partial charge in [-0.3, -0.25) is 0 Å². The molecule has 1 unspecified atom stereocenters. The summed E-state index contributed by atoms with van der Waals surface area (Å²) in [4.78, 5) is 0. The Morgan fingerprint density at radius 3 is 2.62 bits per heavy atom. The minimum Gasteiger partial charge on any atom is -0.310 e. The highest BCUT2D eigenvalue weighted by molar-refractivity contribution is 9.11. The number of hydrogen-bond donors (Lipinski definition) is 1. The summed E-state index contributed by atoms with van der Waals surface area (Å²) in [5.41, 5.74) is 1.17. The second-order valence-electron chi connectivity index (χ2n) is 4.70. The molecule has 2 aromatic rings. The number of nitrogens with one attached hydrogen (secondary N) is 1. The monoisotopic (exact) mass is 377 g/mol. The summed E-state index contributed by atoms with van der Waals surface area (Å²) in [6, 6.07) is 7.55. The molecule has 1 aromatic heterocycles. The minimum absolute atomic E-state index is 0.0148. The quantitative estimate of drug-likeness (QED) is 0.732. The highest BCUT2D eigenvalue weighted by Crippen LogP contribution is 2.31. The number of rotatable bonds is 5. The van der Waals surface area contributed by atoms with Gasteiger partial charge in [-0.15, -0.1) is 11.3 Å². The molecule has 1 heterocycles. The summed E-state index contributed by atoms with van der Waals surface area (Å²) >= 11 is 4.99. The standard InChI is InChI=1S/C15H15BrF3NS/c1-2-20-13(11-8-14(16)21-9-11)7-10-4-3-5-12(6-10)15(17,18)19/h3-6,8-9,13,20H,2,7H2,1H3. The molecule has 0 aliphatic carbocycles. The molecule has 21 heavy (non-hydrogen) atoms. The molecule has 0 saturated heterocycles. The largest absolute Gasteiger partial charge is 0.416 e. The van der Waals surface area contributed by atoms with Crippen molar-refractivity contribution in [2.45, 2.75) is 25.6 Å². The molecule has 0 aliphatic heterocycles. The van der Waals surface area contributed by atoms with E-state index in [2.05, 4.69) is 21.2 Å². The Hall–Kier alpha value is -0.850. The second kappa shape index (κ2) is 6.94. The fourth-order valence-corrected chi connectivity index (χ4v) is 3.40. The van der Waals surface area contributed by atoms with E-state index in [1.807, 2.05) is 18.4 Å². The SMILES string of the molecule is CCNC(Cc1cccc(C(F)(F)F)c1)c1csc(Br)c1. The first-order chi connectivity index (χ1) is 9.90. The van der Waals surface area contributed by atoms with Gasteiger partial charge >= 0.3 is 6.18 Å². The average molecular weight is 378 g/mol. The molecule has 1 nitrogen and oxygen atoms in total. The van der Waals surface area contributed by atoms with Gasteiger partial charge < -0.3 is 5.32 Å². The van der Waals surface area contributed by atoms with E-state index >= 15 is 0 Å². The predicted octanol–water partition coefficient (Wildman–Crippen LogP) is 5.42. The summed E-state index contributed by atoms with van der Waals surface area (Å²) in [6.45, 7) is 2.75. The normalized spacial score (nSPS) is 13.4. The van der Waals surface area contributed by atoms with E-state index in [1.165, 1.54) is 12.1 Å². The minimum atomic E-state index is -4.30. The Kier molecular flexibility index (Phi) is 5.46. The van der Waals surface area contributed by atoms with Gasteiger partial charge in [-0.05, 0) is 57.5 Å². The van der Waals surface area contributed by atoms with Crippen LogP contribution in [0.3, 0.4) is 0 Å². The average Bonchev–Trinajstić information content (AvgIpc) is 2.84. The molecule has 0 bridgehead atoms. The first-order valence-corrected chi connectivity index (χ1v) is 8.21. The third-order valence-electron chi connectivity index (χ3n) is 3.13. The van der Waals surface area contributed by atoms with Crippen LogP contribution in [0.1, 0.15) is 29.7 Å². The molecular weight excluding hydrogens is 363 g/mol. The van der Waals surface area contributed by atoms with Gasteiger partial charge in [0.25, 0.3) is 0 Å². The number of halogens is 4. The Bertz CT molecular complexity index is 595. The van der Waals surface area contributed by atoms with Crippen LogP contribution < -0.4 is 5.32 Å². The zero-order valence-corrected chi connectivity index (χ0v) is 13.8. The summed E-state index contributed by atoms with van der Waals surface area (Å²) in [7, 11) is 0. The van der Waals surface area contributed by atoms with Crippen molar-refractivity contribution >= 4 is 27.3 Å². The topological polar surface area (TPSA) is 12.0 Å². The van der Waals surface area contributed by atoms with Crippen molar-refractivity contribution < 1.29 is 13.2 Å². The fraction of sp³-hybridized carbons (Fsp3) is 0.333. The lowest BCUT2D eigenvalue weighted by molar-refractivity contribution is -0.137. The lowest BCUT2D eigenvalue weighted by atomic mass is 9.99. The van der Waals surface area contributed by atoms with Gasteiger partial charge in [0.2, 0.25) is 0 Å². The van der Waals surface area contributed by atoms with E-state index in [1.54, 1.807) is 17.4 Å². The van der Waals surface area contributed by atoms with E-state index in [-0.39, 0.29) is 6.04 Å². The Labute approximate surface area is 134 Å². The second-order valence-corrected chi connectivity index (χ2v) is 6.99. The van der Waals surface area contributed by atoms with Gasteiger partial charge in [0.1, 0.15) is 0 Å². The summed E-state index contributed by atoms with van der Waals surface area (Å²) in [6.07, 6.45) is -3.77. The van der Waals surface area contributed by atoms with E-state index in [4.69, 9.17) is 0 Å². The highest BCUT2D eigenvalue weighted by Gasteiger charge is 2.30. The number of benzene rings is 1. The van der Waals surface area contributed by atoms with Gasteiger partial charge in [-0.1, -0.05) is 25.1 Å². The van der Waals surface area contributed by atoms with Crippen LogP contribution in [0.25, 0.3) is 0 Å². The maximum atomic E-state index is 12.8. The fourth-order valence-electron chi connectivity index (χ4n) is 2.17. The van der Waals surface area contributed by atoms with Crippen molar-refractivity contribution in [2.24, 2.45) is 0 Å². The zero-order valence-electron chi connectivity index (χ0n) is 11.4. The van der Waals surface area contributed by atoms with Crippen LogP contribution in [0.4, 0.5) is 13.2 Å². The maximum absolute atomic E-state index is 12.8. The first-order valence-electron chi connectivity index (χ1n) is 6.53. The third-order valence-corrected chi connectivity index (χ3v) is 4.66. The molecule has 0 fully saturated rings. The molecule has 1 N–H and O–H groups in total. The summed E-state index contributed by atoms with van der Waals surface area (Å²) in [5, 5.41) is 5.34. The van der Waals surface area contributed by atoms with Crippen molar-refractivity contribution in [1.82, 2.24) is 5.32 Å². The first kappa shape index (κ1) is 16.5. The van der Waals surface area contributed by atoms with Crippen LogP contribution in [-0.2, 0) is 12.6 Å². The Morgan fingerprint density at radius 1 is 1.29 bits per heavy atom. The van der Waals surface area contributed by atoms with E-state index < -0.39 is 11.7 Å². The molecule has 0 amide bonds. The van der Waals surface area contributed by atoms with Gasteiger partial charge in [0.05, 0.1) is 9.35 Å². The molecule has 2 rings (SSSR count). The van der Waals surface area contributed by atoms with Crippen molar-refractivity contribution in [3.8, 4) is 0 Å². The van der Waals surface area contributed by atoms with Crippen molar-refractivity contribution in [3.63, 3.8) is 0 Å². The third kappa shape index (κ3) is 4.56. The molecular formula is C15H15BrF3NS. The zero-order chi connectivity index (χ0) is 15.5. The van der Waals surface area contributed by atoms with Crippen LogP contribution in [-0.4, -0.2) is 6.54 Å². The molecule has 0 radical (unpaired) electrons. The van der Waals surface area contributed by atoms with Crippen LogP contribution >= 0.6 is 27.3 Å². The van der Waals surface area contributed by atoms with Crippen LogP contribution in [0, 0.1) is 0 Å². The molecule has 0 spiro atoms. The van der Waals surface area contributed by atoms with Crippen molar-refractivity contribution in [2.75, 3.05) is 6.54 Å². The Morgan fingerprint density at radius 2 is 2.05 bits per heavy atom. The van der Waals surface area contributed by atoms with Crippen LogP contribution in [0.5, 0.6) is 0 Å². The number of likely N-dealkylation sites (N-methyl/N-ethyl adjacent to an activating group) is 1. The summed E-state index contributed by atoms with van der Waals surface area (Å²) in [5.74, 6) is 0. The molecule has 114 valence electrons. The van der Waals surface area contributed by atoms with Gasteiger partial charge in [-0.2, -0.15) is 13.2 Å². The molecule has 0 saturated carbocycles. The molecule has 0 aliphatic rings. The number of alkyl halides is 3. The van der Waals surface area contributed by atoms with E-state index in [0.717, 1.165) is 22.0 Å². The van der Waals surface area contributed by atoms with Gasteiger partial charge in [0.15, 0.2) is 0 Å². The van der Waals surface area contributed by atoms with Gasteiger partial charge in [-0.25, -0.2) is 0 Å². The lowest BCUT2D eigenvalue weighted by Gasteiger charge is -2.18. The van der Waals surface area contributed by atoms with E-state index in [9.17, 15) is 13.2 Å². The van der Waals surface area contributed by atoms with Crippen LogP contribution in [0.15, 0.2) is 39.5 Å².